The Labute approximate surface area is 195 Å². The smallest absolute Gasteiger partial charge is 0.264 e. The van der Waals surface area contributed by atoms with E-state index in [2.05, 4.69) is 24.3 Å². The number of hydrogen-bond donors (Lipinski definition) is 0. The summed E-state index contributed by atoms with van der Waals surface area (Å²) >= 11 is 0. The first kappa shape index (κ1) is 21.7. The number of benzene rings is 3. The molecule has 5 rings (SSSR count). The Kier molecular flexibility index (Phi) is 5.94. The van der Waals surface area contributed by atoms with Gasteiger partial charge in [-0.3, -0.25) is 9.10 Å². The second kappa shape index (κ2) is 9.02. The van der Waals surface area contributed by atoms with Crippen LogP contribution >= 0.6 is 0 Å². The van der Waals surface area contributed by atoms with E-state index in [-0.39, 0.29) is 10.8 Å². The van der Waals surface area contributed by atoms with Crippen molar-refractivity contribution in [2.45, 2.75) is 36.5 Å². The average Bonchev–Trinajstić information content (AvgIpc) is 2.88. The van der Waals surface area contributed by atoms with Gasteiger partial charge in [0.15, 0.2) is 0 Å². The Balaban J connectivity index is 1.34. The van der Waals surface area contributed by atoms with Crippen LogP contribution in [-0.2, 0) is 16.4 Å². The number of para-hydroxylation sites is 1. The Morgan fingerprint density at radius 3 is 2.33 bits per heavy atom. The first-order valence-electron chi connectivity index (χ1n) is 11.6. The molecular weight excluding hydrogens is 432 g/mol. The van der Waals surface area contributed by atoms with Crippen molar-refractivity contribution in [3.63, 3.8) is 0 Å². The molecule has 0 aromatic heterocycles. The Bertz CT molecular complexity index is 1250. The molecule has 0 aliphatic carbocycles. The normalized spacial score (nSPS) is 17.0. The molecule has 6 heteroatoms. The highest BCUT2D eigenvalue weighted by atomic mass is 32.2. The molecule has 0 radical (unpaired) electrons. The molecule has 33 heavy (non-hydrogen) atoms. The van der Waals surface area contributed by atoms with Crippen molar-refractivity contribution < 1.29 is 13.2 Å². The van der Waals surface area contributed by atoms with Crippen LogP contribution in [0.2, 0.25) is 0 Å². The minimum absolute atomic E-state index is 0.0994. The van der Waals surface area contributed by atoms with Crippen LogP contribution in [0.15, 0.2) is 83.8 Å². The zero-order chi connectivity index (χ0) is 22.8. The monoisotopic (exact) mass is 460 g/mol. The van der Waals surface area contributed by atoms with Gasteiger partial charge in [-0.2, -0.15) is 0 Å². The predicted molar refractivity (Wildman–Crippen MR) is 130 cm³/mol. The van der Waals surface area contributed by atoms with E-state index in [0.29, 0.717) is 31.1 Å². The maximum absolute atomic E-state index is 13.5. The maximum atomic E-state index is 13.5. The number of carbonyl (C=O) groups excluding carboxylic acids is 1. The van der Waals surface area contributed by atoms with Gasteiger partial charge in [0.1, 0.15) is 0 Å². The van der Waals surface area contributed by atoms with Gasteiger partial charge < -0.3 is 4.90 Å². The van der Waals surface area contributed by atoms with E-state index in [1.807, 2.05) is 35.2 Å². The molecule has 0 spiro atoms. The number of carbonyl (C=O) groups is 1. The third-order valence-corrected chi connectivity index (χ3v) is 8.60. The Morgan fingerprint density at radius 2 is 1.55 bits per heavy atom. The third kappa shape index (κ3) is 4.27. The lowest BCUT2D eigenvalue weighted by Gasteiger charge is -2.32. The molecule has 1 fully saturated rings. The Hall–Kier alpha value is -3.12. The molecule has 2 aliphatic heterocycles. The average molecular weight is 461 g/mol. The third-order valence-electron chi connectivity index (χ3n) is 6.79. The maximum Gasteiger partial charge on any atom is 0.264 e. The van der Waals surface area contributed by atoms with Crippen molar-refractivity contribution >= 4 is 21.6 Å². The first-order valence-corrected chi connectivity index (χ1v) is 13.0. The summed E-state index contributed by atoms with van der Waals surface area (Å²) in [4.78, 5) is 15.2. The fraction of sp³-hybridized carbons (Fsp3) is 0.296. The number of anilines is 1. The summed E-state index contributed by atoms with van der Waals surface area (Å²) in [6.07, 6.45) is 3.49. The molecule has 1 amide bonds. The molecule has 5 nitrogen and oxygen atoms in total. The van der Waals surface area contributed by atoms with Gasteiger partial charge in [0, 0.05) is 25.2 Å². The molecular formula is C27H28N2O3S. The highest BCUT2D eigenvalue weighted by Gasteiger charge is 2.30. The topological polar surface area (TPSA) is 57.7 Å². The van der Waals surface area contributed by atoms with Crippen LogP contribution in [0.25, 0.3) is 0 Å². The summed E-state index contributed by atoms with van der Waals surface area (Å²) in [5.41, 5.74) is 3.53. The number of likely N-dealkylation sites (tertiary alicyclic amines) is 1. The molecule has 1 saturated heterocycles. The summed E-state index contributed by atoms with van der Waals surface area (Å²) in [5, 5.41) is 0. The highest BCUT2D eigenvalue weighted by Crippen LogP contribution is 2.32. The van der Waals surface area contributed by atoms with Crippen LogP contribution in [-0.4, -0.2) is 38.9 Å². The minimum Gasteiger partial charge on any atom is -0.339 e. The number of rotatable bonds is 4. The summed E-state index contributed by atoms with van der Waals surface area (Å²) in [7, 11) is -3.74. The number of sulfonamides is 1. The largest absolute Gasteiger partial charge is 0.339 e. The van der Waals surface area contributed by atoms with Crippen molar-refractivity contribution in [3.8, 4) is 0 Å². The van der Waals surface area contributed by atoms with Gasteiger partial charge >= 0.3 is 0 Å². The molecule has 2 heterocycles. The van der Waals surface area contributed by atoms with Crippen molar-refractivity contribution in [2.75, 3.05) is 23.9 Å². The molecule has 0 bridgehead atoms. The van der Waals surface area contributed by atoms with Crippen LogP contribution in [0, 0.1) is 0 Å². The van der Waals surface area contributed by atoms with Gasteiger partial charge in [-0.15, -0.1) is 0 Å². The van der Waals surface area contributed by atoms with Gasteiger partial charge in [-0.1, -0.05) is 54.6 Å². The van der Waals surface area contributed by atoms with E-state index in [9.17, 15) is 13.2 Å². The van der Waals surface area contributed by atoms with Crippen LogP contribution in [0.3, 0.4) is 0 Å². The summed E-state index contributed by atoms with van der Waals surface area (Å²) < 4.78 is 28.5. The van der Waals surface area contributed by atoms with Gasteiger partial charge in [0.05, 0.1) is 10.6 Å². The quantitative estimate of drug-likeness (QED) is 0.559. The number of amides is 1. The zero-order valence-electron chi connectivity index (χ0n) is 18.6. The van der Waals surface area contributed by atoms with Crippen LogP contribution < -0.4 is 4.31 Å². The number of nitrogens with zero attached hydrogens (tertiary/aromatic N) is 2. The van der Waals surface area contributed by atoms with E-state index in [1.165, 1.54) is 15.9 Å². The molecule has 0 unspecified atom stereocenters. The number of aryl methyl sites for hydroxylation is 1. The minimum atomic E-state index is -3.74. The number of hydrogen-bond acceptors (Lipinski definition) is 3. The SMILES string of the molecule is O=C(c1cccc(S(=O)(=O)N2CCCc3ccccc32)c1)N1CCC(c2ccccc2)CC1. The lowest BCUT2D eigenvalue weighted by molar-refractivity contribution is 0.0712. The van der Waals surface area contributed by atoms with Crippen LogP contribution in [0.5, 0.6) is 0 Å². The van der Waals surface area contributed by atoms with Crippen molar-refractivity contribution in [2.24, 2.45) is 0 Å². The second-order valence-electron chi connectivity index (χ2n) is 8.81. The zero-order valence-corrected chi connectivity index (χ0v) is 19.4. The summed E-state index contributed by atoms with van der Waals surface area (Å²) in [6, 6.07) is 24.6. The molecule has 0 N–H and O–H groups in total. The number of piperidine rings is 1. The van der Waals surface area contributed by atoms with Gasteiger partial charge in [-0.05, 0) is 67.0 Å². The van der Waals surface area contributed by atoms with Gasteiger partial charge in [0.2, 0.25) is 0 Å². The molecule has 0 saturated carbocycles. The van der Waals surface area contributed by atoms with Gasteiger partial charge in [-0.25, -0.2) is 8.42 Å². The number of fused-ring (bicyclic) bond motifs is 1. The molecule has 0 atom stereocenters. The van der Waals surface area contributed by atoms with E-state index < -0.39 is 10.0 Å². The van der Waals surface area contributed by atoms with Crippen molar-refractivity contribution in [1.82, 2.24) is 4.90 Å². The molecule has 3 aromatic rings. The van der Waals surface area contributed by atoms with E-state index in [0.717, 1.165) is 36.9 Å². The fourth-order valence-corrected chi connectivity index (χ4v) is 6.58. The molecule has 3 aromatic carbocycles. The first-order chi connectivity index (χ1) is 16.0. The second-order valence-corrected chi connectivity index (χ2v) is 10.7. The van der Waals surface area contributed by atoms with Crippen LogP contribution in [0.1, 0.15) is 46.7 Å². The van der Waals surface area contributed by atoms with Crippen LogP contribution in [0.4, 0.5) is 5.69 Å². The molecule has 170 valence electrons. The lowest BCUT2D eigenvalue weighted by Crippen LogP contribution is -2.38. The van der Waals surface area contributed by atoms with E-state index >= 15 is 0 Å². The predicted octanol–water partition coefficient (Wildman–Crippen LogP) is 4.85. The standard InChI is InChI=1S/C27H28N2O3S/c30-27(28-18-15-22(16-19-28)21-8-2-1-3-9-21)24-11-6-13-25(20-24)33(31,32)29-17-7-12-23-10-4-5-14-26(23)29/h1-6,8-11,13-14,20,22H,7,12,15-19H2. The summed E-state index contributed by atoms with van der Waals surface area (Å²) in [6.45, 7) is 1.80. The Morgan fingerprint density at radius 1 is 0.818 bits per heavy atom. The van der Waals surface area contributed by atoms with E-state index in [4.69, 9.17) is 0 Å². The van der Waals surface area contributed by atoms with Crippen molar-refractivity contribution in [1.29, 1.82) is 0 Å². The highest BCUT2D eigenvalue weighted by molar-refractivity contribution is 7.92. The lowest BCUT2D eigenvalue weighted by atomic mass is 9.89. The molecule has 2 aliphatic rings. The summed E-state index contributed by atoms with van der Waals surface area (Å²) in [5.74, 6) is 0.360. The van der Waals surface area contributed by atoms with Gasteiger partial charge in [0.25, 0.3) is 15.9 Å². The van der Waals surface area contributed by atoms with Crippen molar-refractivity contribution in [3.05, 3.63) is 95.6 Å². The van der Waals surface area contributed by atoms with E-state index in [1.54, 1.807) is 18.2 Å². The fourth-order valence-electron chi connectivity index (χ4n) is 4.99.